The van der Waals surface area contributed by atoms with E-state index < -0.39 is 0 Å². The summed E-state index contributed by atoms with van der Waals surface area (Å²) in [5.74, 6) is 5.67. The number of nitriles is 1. The molecule has 1 aromatic rings. The summed E-state index contributed by atoms with van der Waals surface area (Å²) >= 11 is 0. The maximum Gasteiger partial charge on any atom is 0.131 e. The number of nitrogens with zero attached hydrogens (tertiary/aromatic N) is 1. The zero-order valence-electron chi connectivity index (χ0n) is 9.83. The quantitative estimate of drug-likeness (QED) is 0.673. The van der Waals surface area contributed by atoms with Crippen LogP contribution >= 0.6 is 0 Å². The van der Waals surface area contributed by atoms with Gasteiger partial charge in [-0.2, -0.15) is 5.26 Å². The molecule has 0 aliphatic heterocycles. The maximum atomic E-state index is 9.61. The van der Waals surface area contributed by atoms with Crippen LogP contribution in [0, 0.1) is 23.2 Å². The Bertz CT molecular complexity index is 478. The van der Waals surface area contributed by atoms with Crippen LogP contribution in [0.25, 0.3) is 0 Å². The summed E-state index contributed by atoms with van der Waals surface area (Å²) < 4.78 is 0. The highest BCUT2D eigenvalue weighted by molar-refractivity contribution is 5.48. The fourth-order valence-electron chi connectivity index (χ4n) is 1.28. The van der Waals surface area contributed by atoms with E-state index in [4.69, 9.17) is 5.26 Å². The number of rotatable bonds is 0. The van der Waals surface area contributed by atoms with Crippen LogP contribution in [0.2, 0.25) is 0 Å². The monoisotopic (exact) mass is 213 g/mol. The normalized spacial score (nSPS) is 10.1. The molecule has 0 aliphatic carbocycles. The lowest BCUT2D eigenvalue weighted by Gasteiger charge is -2.19. The maximum absolute atomic E-state index is 9.61. The van der Waals surface area contributed by atoms with Crippen LogP contribution < -0.4 is 0 Å². The topological polar surface area (TPSA) is 44.0 Å². The number of phenolic OH excluding ortho intramolecular Hbond substituents is 1. The Balaban J connectivity index is 3.12. The van der Waals surface area contributed by atoms with Crippen molar-refractivity contribution in [1.29, 1.82) is 5.26 Å². The van der Waals surface area contributed by atoms with E-state index in [1.165, 1.54) is 0 Å². The highest BCUT2D eigenvalue weighted by Gasteiger charge is 2.14. The van der Waals surface area contributed by atoms with Crippen molar-refractivity contribution in [3.05, 3.63) is 29.3 Å². The Kier molecular flexibility index (Phi) is 3.59. The Morgan fingerprint density at radius 3 is 2.56 bits per heavy atom. The predicted octanol–water partition coefficient (Wildman–Crippen LogP) is 2.95. The van der Waals surface area contributed by atoms with Crippen LogP contribution in [-0.4, -0.2) is 5.11 Å². The van der Waals surface area contributed by atoms with Crippen molar-refractivity contribution >= 4 is 0 Å². The fraction of sp³-hybridized carbons (Fsp3) is 0.357. The Labute approximate surface area is 96.5 Å². The Morgan fingerprint density at radius 2 is 2.00 bits per heavy atom. The Morgan fingerprint density at radius 1 is 1.31 bits per heavy atom. The van der Waals surface area contributed by atoms with Crippen molar-refractivity contribution in [2.24, 2.45) is 0 Å². The first-order valence-corrected chi connectivity index (χ1v) is 5.14. The van der Waals surface area contributed by atoms with Crippen LogP contribution in [0.3, 0.4) is 0 Å². The average Bonchev–Trinajstić information content (AvgIpc) is 2.19. The number of benzene rings is 1. The van der Waals surface area contributed by atoms with Gasteiger partial charge < -0.3 is 5.11 Å². The minimum Gasteiger partial charge on any atom is -0.507 e. The number of hydrogen-bond donors (Lipinski definition) is 1. The minimum atomic E-state index is 0.0271. The summed E-state index contributed by atoms with van der Waals surface area (Å²) in [6.45, 7) is 6.31. The van der Waals surface area contributed by atoms with Crippen LogP contribution in [0.5, 0.6) is 5.75 Å². The van der Waals surface area contributed by atoms with Gasteiger partial charge in [0.1, 0.15) is 5.75 Å². The average molecular weight is 213 g/mol. The van der Waals surface area contributed by atoms with E-state index >= 15 is 0 Å². The van der Waals surface area contributed by atoms with E-state index in [0.29, 0.717) is 5.56 Å². The number of aromatic hydroxyl groups is 1. The van der Waals surface area contributed by atoms with Gasteiger partial charge in [-0.25, -0.2) is 0 Å². The zero-order valence-corrected chi connectivity index (χ0v) is 9.83. The summed E-state index contributed by atoms with van der Waals surface area (Å²) in [7, 11) is 0. The van der Waals surface area contributed by atoms with Crippen molar-refractivity contribution in [2.45, 2.75) is 32.6 Å². The molecule has 2 heteroatoms. The van der Waals surface area contributed by atoms with Crippen LogP contribution in [0.15, 0.2) is 18.2 Å². The molecule has 2 nitrogen and oxygen atoms in total. The van der Waals surface area contributed by atoms with Gasteiger partial charge in [0.05, 0.1) is 18.1 Å². The molecular formula is C14H15NO. The molecule has 0 amide bonds. The lowest BCUT2D eigenvalue weighted by atomic mass is 9.86. The molecule has 0 bridgehead atoms. The van der Waals surface area contributed by atoms with Gasteiger partial charge in [-0.15, -0.1) is 0 Å². The number of hydrogen-bond acceptors (Lipinski definition) is 2. The molecule has 0 unspecified atom stereocenters. The molecule has 0 saturated carbocycles. The fourth-order valence-corrected chi connectivity index (χ4v) is 1.28. The third kappa shape index (κ3) is 3.04. The first-order chi connectivity index (χ1) is 7.45. The van der Waals surface area contributed by atoms with Crippen LogP contribution in [0.4, 0.5) is 0 Å². The lowest BCUT2D eigenvalue weighted by Crippen LogP contribution is -2.10. The standard InChI is InChI=1S/C14H15NO/c1-14(2,3)12-7-8-13(16)11(10-12)6-4-5-9-15/h7-8,10,16H,5H2,1-3H3. The largest absolute Gasteiger partial charge is 0.507 e. The summed E-state index contributed by atoms with van der Waals surface area (Å²) in [6.07, 6.45) is 0.180. The van der Waals surface area contributed by atoms with Gasteiger partial charge in [0.25, 0.3) is 0 Å². The second kappa shape index (κ2) is 4.73. The van der Waals surface area contributed by atoms with E-state index in [2.05, 4.69) is 32.6 Å². The van der Waals surface area contributed by atoms with Crippen molar-refractivity contribution < 1.29 is 5.11 Å². The Hall–Kier alpha value is -1.93. The van der Waals surface area contributed by atoms with Gasteiger partial charge in [0.15, 0.2) is 0 Å². The van der Waals surface area contributed by atoms with E-state index in [0.717, 1.165) is 5.56 Å². The first-order valence-electron chi connectivity index (χ1n) is 5.14. The van der Waals surface area contributed by atoms with Crippen LogP contribution in [-0.2, 0) is 5.41 Å². The van der Waals surface area contributed by atoms with Gasteiger partial charge in [-0.1, -0.05) is 38.7 Å². The second-order valence-electron chi connectivity index (χ2n) is 4.62. The van der Waals surface area contributed by atoms with Gasteiger partial charge in [0, 0.05) is 0 Å². The van der Waals surface area contributed by atoms with E-state index in [1.54, 1.807) is 6.07 Å². The first kappa shape index (κ1) is 12.1. The van der Waals surface area contributed by atoms with Crippen molar-refractivity contribution in [3.63, 3.8) is 0 Å². The van der Waals surface area contributed by atoms with Gasteiger partial charge in [-0.05, 0) is 23.1 Å². The van der Waals surface area contributed by atoms with Crippen molar-refractivity contribution in [3.8, 4) is 23.7 Å². The predicted molar refractivity (Wildman–Crippen MR) is 63.9 cm³/mol. The van der Waals surface area contributed by atoms with E-state index in [-0.39, 0.29) is 17.6 Å². The zero-order chi connectivity index (χ0) is 12.2. The van der Waals surface area contributed by atoms with E-state index in [1.807, 2.05) is 18.2 Å². The molecule has 16 heavy (non-hydrogen) atoms. The summed E-state index contributed by atoms with van der Waals surface area (Å²) in [5.41, 5.74) is 1.73. The van der Waals surface area contributed by atoms with Crippen molar-refractivity contribution in [1.82, 2.24) is 0 Å². The number of phenols is 1. The molecule has 0 atom stereocenters. The minimum absolute atomic E-state index is 0.0271. The van der Waals surface area contributed by atoms with E-state index in [9.17, 15) is 5.11 Å². The third-order valence-electron chi connectivity index (χ3n) is 2.25. The second-order valence-corrected chi connectivity index (χ2v) is 4.62. The van der Waals surface area contributed by atoms with Gasteiger partial charge in [0.2, 0.25) is 0 Å². The van der Waals surface area contributed by atoms with Crippen LogP contribution in [0.1, 0.15) is 38.3 Å². The molecule has 0 radical (unpaired) electrons. The molecule has 0 heterocycles. The molecule has 0 fully saturated rings. The smallest absolute Gasteiger partial charge is 0.131 e. The summed E-state index contributed by atoms with van der Waals surface area (Å²) in [6, 6.07) is 7.37. The van der Waals surface area contributed by atoms with Crippen molar-refractivity contribution in [2.75, 3.05) is 0 Å². The molecule has 1 rings (SSSR count). The highest BCUT2D eigenvalue weighted by Crippen LogP contribution is 2.26. The summed E-state index contributed by atoms with van der Waals surface area (Å²) in [5, 5.41) is 18.0. The molecule has 0 spiro atoms. The highest BCUT2D eigenvalue weighted by atomic mass is 16.3. The molecule has 1 aromatic carbocycles. The molecule has 0 aromatic heterocycles. The summed E-state index contributed by atoms with van der Waals surface area (Å²) in [4.78, 5) is 0. The molecule has 0 aliphatic rings. The molecule has 1 N–H and O–H groups in total. The molecule has 82 valence electrons. The lowest BCUT2D eigenvalue weighted by molar-refractivity contribution is 0.472. The third-order valence-corrected chi connectivity index (χ3v) is 2.25. The SMILES string of the molecule is CC(C)(C)c1ccc(O)c(C#CCC#N)c1. The van der Waals surface area contributed by atoms with Gasteiger partial charge >= 0.3 is 0 Å². The molecule has 0 saturated heterocycles. The molecular weight excluding hydrogens is 198 g/mol. The van der Waals surface area contributed by atoms with Gasteiger partial charge in [-0.3, -0.25) is 0 Å².